The van der Waals surface area contributed by atoms with E-state index in [0.717, 1.165) is 21.3 Å². The Hall–Kier alpha value is -1.71. The van der Waals surface area contributed by atoms with Gasteiger partial charge in [-0.3, -0.25) is 0 Å². The second-order valence-electron chi connectivity index (χ2n) is 5.52. The highest BCUT2D eigenvalue weighted by molar-refractivity contribution is 14.1. The molecule has 0 N–H and O–H groups in total. The van der Waals surface area contributed by atoms with Crippen LogP contribution in [0.5, 0.6) is 11.5 Å². The lowest BCUT2D eigenvalue weighted by molar-refractivity contribution is 0.206. The zero-order valence-electron chi connectivity index (χ0n) is 14.3. The zero-order chi connectivity index (χ0) is 18.4. The molecule has 0 aromatic heterocycles. The number of nitrogens with zero attached hydrogens (tertiary/aromatic N) is 1. The number of nitriles is 1. The van der Waals surface area contributed by atoms with Crippen LogP contribution in [0.3, 0.4) is 0 Å². The first-order chi connectivity index (χ1) is 12.0. The Balaban J connectivity index is 2.48. The zero-order valence-corrected chi connectivity index (χ0v) is 17.3. The van der Waals surface area contributed by atoms with E-state index in [9.17, 15) is 5.26 Å². The molecule has 1 unspecified atom stereocenters. The molecular weight excluding hydrogens is 449 g/mol. The average Bonchev–Trinajstić information content (AvgIpc) is 2.62. The average molecular weight is 468 g/mol. The van der Waals surface area contributed by atoms with Crippen LogP contribution in [-0.2, 0) is 0 Å². The van der Waals surface area contributed by atoms with Crippen LogP contribution in [0.4, 0.5) is 0 Å². The van der Waals surface area contributed by atoms with E-state index in [2.05, 4.69) is 35.6 Å². The molecule has 0 spiro atoms. The van der Waals surface area contributed by atoms with Gasteiger partial charge < -0.3 is 9.47 Å². The molecular formula is C20H19ClINO2. The van der Waals surface area contributed by atoms with Crippen molar-refractivity contribution in [3.63, 3.8) is 0 Å². The molecule has 0 heterocycles. The molecule has 0 aliphatic carbocycles. The van der Waals surface area contributed by atoms with Crippen molar-refractivity contribution in [2.24, 2.45) is 0 Å². The van der Waals surface area contributed by atoms with Crippen LogP contribution in [0, 0.1) is 14.9 Å². The first-order valence-corrected chi connectivity index (χ1v) is 9.36. The Labute approximate surface area is 167 Å². The van der Waals surface area contributed by atoms with E-state index in [-0.39, 0.29) is 6.10 Å². The SMILES string of the molecule is CCC(C)Oc1c(I)cc(C=C(C#N)c2ccccc2Cl)cc1OC. The lowest BCUT2D eigenvalue weighted by atomic mass is 10.0. The van der Waals surface area contributed by atoms with Gasteiger partial charge in [0.2, 0.25) is 0 Å². The van der Waals surface area contributed by atoms with E-state index in [1.807, 2.05) is 37.3 Å². The summed E-state index contributed by atoms with van der Waals surface area (Å²) in [5, 5.41) is 10.1. The molecule has 0 radical (unpaired) electrons. The number of ether oxygens (including phenoxy) is 2. The lowest BCUT2D eigenvalue weighted by Crippen LogP contribution is -2.11. The van der Waals surface area contributed by atoms with Gasteiger partial charge in [0, 0.05) is 10.6 Å². The van der Waals surface area contributed by atoms with Gasteiger partial charge in [-0.15, -0.1) is 0 Å². The fourth-order valence-corrected chi connectivity index (χ4v) is 3.23. The van der Waals surface area contributed by atoms with E-state index in [1.54, 1.807) is 19.3 Å². The molecule has 0 saturated heterocycles. The van der Waals surface area contributed by atoms with Gasteiger partial charge in [0.1, 0.15) is 0 Å². The van der Waals surface area contributed by atoms with Crippen LogP contribution < -0.4 is 9.47 Å². The van der Waals surface area contributed by atoms with Gasteiger partial charge >= 0.3 is 0 Å². The lowest BCUT2D eigenvalue weighted by Gasteiger charge is -2.17. The molecule has 2 aromatic rings. The number of methoxy groups -OCH3 is 1. The van der Waals surface area contributed by atoms with Crippen LogP contribution in [0.15, 0.2) is 36.4 Å². The van der Waals surface area contributed by atoms with E-state index >= 15 is 0 Å². The molecule has 0 aliphatic heterocycles. The number of rotatable bonds is 6. The maximum atomic E-state index is 9.53. The fraction of sp³-hybridized carbons (Fsp3) is 0.250. The van der Waals surface area contributed by atoms with Gasteiger partial charge in [0.25, 0.3) is 0 Å². The maximum absolute atomic E-state index is 9.53. The van der Waals surface area contributed by atoms with Crippen molar-refractivity contribution in [1.82, 2.24) is 0 Å². The van der Waals surface area contributed by atoms with Crippen molar-refractivity contribution < 1.29 is 9.47 Å². The van der Waals surface area contributed by atoms with Crippen molar-refractivity contribution in [3.8, 4) is 17.6 Å². The summed E-state index contributed by atoms with van der Waals surface area (Å²) in [7, 11) is 1.61. The Morgan fingerprint density at radius 2 is 2.08 bits per heavy atom. The first kappa shape index (κ1) is 19.6. The molecule has 130 valence electrons. The third-order valence-corrected chi connectivity index (χ3v) is 4.87. The van der Waals surface area contributed by atoms with E-state index in [1.165, 1.54) is 0 Å². The second-order valence-corrected chi connectivity index (χ2v) is 7.09. The van der Waals surface area contributed by atoms with Crippen LogP contribution in [0.25, 0.3) is 11.6 Å². The fourth-order valence-electron chi connectivity index (χ4n) is 2.24. The number of halogens is 2. The summed E-state index contributed by atoms with van der Waals surface area (Å²) < 4.78 is 12.4. The second kappa shape index (κ2) is 9.12. The van der Waals surface area contributed by atoms with Crippen LogP contribution >= 0.6 is 34.2 Å². The normalized spacial score (nSPS) is 12.4. The molecule has 0 aliphatic rings. The van der Waals surface area contributed by atoms with Crippen molar-refractivity contribution >= 4 is 45.8 Å². The molecule has 2 rings (SSSR count). The summed E-state index contributed by atoms with van der Waals surface area (Å²) in [4.78, 5) is 0. The summed E-state index contributed by atoms with van der Waals surface area (Å²) in [5.41, 5.74) is 2.06. The Kier molecular flexibility index (Phi) is 7.15. The Morgan fingerprint density at radius 3 is 2.68 bits per heavy atom. The molecule has 1 atom stereocenters. The van der Waals surface area contributed by atoms with Gasteiger partial charge in [0.15, 0.2) is 11.5 Å². The van der Waals surface area contributed by atoms with Gasteiger partial charge in [-0.05, 0) is 65.8 Å². The molecule has 25 heavy (non-hydrogen) atoms. The summed E-state index contributed by atoms with van der Waals surface area (Å²) in [6, 6.07) is 13.4. The van der Waals surface area contributed by atoms with Crippen LogP contribution in [0.1, 0.15) is 31.4 Å². The predicted molar refractivity (Wildman–Crippen MR) is 111 cm³/mol. The highest BCUT2D eigenvalue weighted by Crippen LogP contribution is 2.36. The third kappa shape index (κ3) is 4.90. The number of allylic oxidation sites excluding steroid dienone is 1. The number of hydrogen-bond donors (Lipinski definition) is 0. The highest BCUT2D eigenvalue weighted by Gasteiger charge is 2.14. The topological polar surface area (TPSA) is 42.2 Å². The standard InChI is InChI=1S/C20H19ClINO2/c1-4-13(2)25-20-18(22)10-14(11-19(20)24-3)9-15(12-23)16-7-5-6-8-17(16)21/h5-11,13H,4H2,1-3H3. The summed E-state index contributed by atoms with van der Waals surface area (Å²) in [6.45, 7) is 4.10. The van der Waals surface area contributed by atoms with Crippen LogP contribution in [0.2, 0.25) is 5.02 Å². The Morgan fingerprint density at radius 1 is 1.36 bits per heavy atom. The van der Waals surface area contributed by atoms with Gasteiger partial charge in [0.05, 0.1) is 28.4 Å². The highest BCUT2D eigenvalue weighted by atomic mass is 127. The van der Waals surface area contributed by atoms with E-state index in [0.29, 0.717) is 21.9 Å². The monoisotopic (exact) mass is 467 g/mol. The smallest absolute Gasteiger partial charge is 0.174 e. The van der Waals surface area contributed by atoms with Gasteiger partial charge in [-0.2, -0.15) is 5.26 Å². The molecule has 0 amide bonds. The molecule has 0 saturated carbocycles. The Bertz CT molecular complexity index is 827. The predicted octanol–water partition coefficient (Wildman–Crippen LogP) is 6.19. The molecule has 0 fully saturated rings. The number of hydrogen-bond acceptors (Lipinski definition) is 3. The molecule has 2 aromatic carbocycles. The maximum Gasteiger partial charge on any atom is 0.174 e. The minimum absolute atomic E-state index is 0.0987. The quantitative estimate of drug-likeness (QED) is 0.289. The first-order valence-electron chi connectivity index (χ1n) is 7.91. The van der Waals surface area contributed by atoms with E-state index in [4.69, 9.17) is 21.1 Å². The summed E-state index contributed by atoms with van der Waals surface area (Å²) >= 11 is 8.44. The number of benzene rings is 2. The third-order valence-electron chi connectivity index (χ3n) is 3.74. The van der Waals surface area contributed by atoms with Crippen molar-refractivity contribution in [2.75, 3.05) is 7.11 Å². The van der Waals surface area contributed by atoms with Crippen LogP contribution in [-0.4, -0.2) is 13.2 Å². The minimum atomic E-state index is 0.0987. The van der Waals surface area contributed by atoms with Crippen molar-refractivity contribution in [2.45, 2.75) is 26.4 Å². The molecule has 5 heteroatoms. The van der Waals surface area contributed by atoms with Gasteiger partial charge in [-0.1, -0.05) is 36.7 Å². The summed E-state index contributed by atoms with van der Waals surface area (Å²) in [6.07, 6.45) is 2.81. The van der Waals surface area contributed by atoms with Gasteiger partial charge in [-0.25, -0.2) is 0 Å². The van der Waals surface area contributed by atoms with Crippen molar-refractivity contribution in [1.29, 1.82) is 5.26 Å². The van der Waals surface area contributed by atoms with Crippen molar-refractivity contribution in [3.05, 3.63) is 56.1 Å². The largest absolute Gasteiger partial charge is 0.493 e. The molecule has 0 bridgehead atoms. The van der Waals surface area contributed by atoms with E-state index < -0.39 is 0 Å². The minimum Gasteiger partial charge on any atom is -0.493 e. The molecule has 3 nitrogen and oxygen atoms in total. The summed E-state index contributed by atoms with van der Waals surface area (Å²) in [5.74, 6) is 1.38.